The predicted octanol–water partition coefficient (Wildman–Crippen LogP) is 2.02. The zero-order valence-electron chi connectivity index (χ0n) is 10.7. The number of aromatic nitrogens is 3. The van der Waals surface area contributed by atoms with Gasteiger partial charge in [0.15, 0.2) is 0 Å². The molecular weight excluding hydrogens is 248 g/mol. The Balaban J connectivity index is 2.11. The first-order valence-electron chi connectivity index (χ1n) is 5.84. The Morgan fingerprint density at radius 3 is 2.89 bits per heavy atom. The van der Waals surface area contributed by atoms with Crippen LogP contribution in [0.5, 0.6) is 5.75 Å². The van der Waals surface area contributed by atoms with Gasteiger partial charge in [-0.15, -0.1) is 0 Å². The Kier molecular flexibility index (Phi) is 3.74. The Labute approximate surface area is 110 Å². The van der Waals surface area contributed by atoms with Gasteiger partial charge in [0.05, 0.1) is 12.6 Å². The third-order valence-corrected chi connectivity index (χ3v) is 2.30. The highest BCUT2D eigenvalue weighted by atomic mass is 16.6. The molecule has 0 atom stereocenters. The fourth-order valence-electron chi connectivity index (χ4n) is 1.62. The van der Waals surface area contributed by atoms with Crippen LogP contribution >= 0.6 is 0 Å². The first-order valence-corrected chi connectivity index (χ1v) is 5.84. The van der Waals surface area contributed by atoms with Gasteiger partial charge in [0.1, 0.15) is 5.75 Å². The molecule has 0 fully saturated rings. The van der Waals surface area contributed by atoms with E-state index in [1.54, 1.807) is 0 Å². The zero-order chi connectivity index (χ0) is 13.8. The molecule has 0 unspecified atom stereocenters. The summed E-state index contributed by atoms with van der Waals surface area (Å²) in [6.45, 7) is 4.32. The SMILES string of the molecule is CC(C)Oc1cccc(Cn2cnc([N+](=O)[O-])n2)c1. The van der Waals surface area contributed by atoms with E-state index in [0.29, 0.717) is 6.54 Å². The van der Waals surface area contributed by atoms with Crippen LogP contribution in [0.2, 0.25) is 0 Å². The number of hydrogen-bond donors (Lipinski definition) is 0. The van der Waals surface area contributed by atoms with Crippen molar-refractivity contribution in [3.8, 4) is 5.75 Å². The Morgan fingerprint density at radius 2 is 2.26 bits per heavy atom. The van der Waals surface area contributed by atoms with E-state index in [0.717, 1.165) is 11.3 Å². The van der Waals surface area contributed by atoms with Crippen LogP contribution in [0.4, 0.5) is 5.95 Å². The van der Waals surface area contributed by atoms with E-state index in [-0.39, 0.29) is 6.10 Å². The number of benzene rings is 1. The van der Waals surface area contributed by atoms with E-state index in [1.165, 1.54) is 11.0 Å². The van der Waals surface area contributed by atoms with Crippen molar-refractivity contribution in [3.05, 3.63) is 46.3 Å². The first-order chi connectivity index (χ1) is 9.04. The molecule has 0 aliphatic heterocycles. The van der Waals surface area contributed by atoms with Crippen molar-refractivity contribution in [2.75, 3.05) is 0 Å². The van der Waals surface area contributed by atoms with Crippen molar-refractivity contribution in [2.45, 2.75) is 26.5 Å². The van der Waals surface area contributed by atoms with Crippen LogP contribution in [0.1, 0.15) is 19.4 Å². The Morgan fingerprint density at radius 1 is 1.47 bits per heavy atom. The molecule has 0 radical (unpaired) electrons. The molecule has 7 heteroatoms. The summed E-state index contributed by atoms with van der Waals surface area (Å²) in [6.07, 6.45) is 1.44. The summed E-state index contributed by atoms with van der Waals surface area (Å²) in [5.41, 5.74) is 0.943. The number of hydrogen-bond acceptors (Lipinski definition) is 5. The first kappa shape index (κ1) is 13.0. The minimum absolute atomic E-state index is 0.0997. The third kappa shape index (κ3) is 3.51. The molecule has 1 aromatic carbocycles. The lowest BCUT2D eigenvalue weighted by Gasteiger charge is -2.10. The maximum atomic E-state index is 10.5. The van der Waals surface area contributed by atoms with Crippen LogP contribution in [-0.4, -0.2) is 25.8 Å². The Hall–Kier alpha value is -2.44. The van der Waals surface area contributed by atoms with E-state index in [2.05, 4.69) is 10.1 Å². The molecule has 0 saturated carbocycles. The van der Waals surface area contributed by atoms with Gasteiger partial charge in [-0.1, -0.05) is 17.1 Å². The van der Waals surface area contributed by atoms with Crippen molar-refractivity contribution in [1.29, 1.82) is 0 Å². The molecule has 2 rings (SSSR count). The summed E-state index contributed by atoms with van der Waals surface area (Å²) in [7, 11) is 0. The molecule has 100 valence electrons. The van der Waals surface area contributed by atoms with Gasteiger partial charge in [0.25, 0.3) is 0 Å². The van der Waals surface area contributed by atoms with Gasteiger partial charge in [0.2, 0.25) is 6.33 Å². The van der Waals surface area contributed by atoms with Crippen molar-refractivity contribution in [3.63, 3.8) is 0 Å². The molecular formula is C12H14N4O3. The maximum absolute atomic E-state index is 10.5. The van der Waals surface area contributed by atoms with Crippen LogP contribution in [0.3, 0.4) is 0 Å². The van der Waals surface area contributed by atoms with Crippen LogP contribution in [0, 0.1) is 10.1 Å². The highest BCUT2D eigenvalue weighted by molar-refractivity contribution is 5.28. The van der Waals surface area contributed by atoms with Gasteiger partial charge in [0, 0.05) is 5.10 Å². The molecule has 1 heterocycles. The highest BCUT2D eigenvalue weighted by Gasteiger charge is 2.13. The van der Waals surface area contributed by atoms with Crippen LogP contribution in [-0.2, 0) is 6.54 Å². The standard InChI is InChI=1S/C12H14N4O3/c1-9(2)19-11-5-3-4-10(6-11)7-15-8-13-12(14-15)16(17)18/h3-6,8-9H,7H2,1-2H3. The van der Waals surface area contributed by atoms with Crippen molar-refractivity contribution in [2.24, 2.45) is 0 Å². The number of ether oxygens (including phenoxy) is 1. The van der Waals surface area contributed by atoms with Gasteiger partial charge >= 0.3 is 5.95 Å². The average molecular weight is 262 g/mol. The molecule has 2 aromatic rings. The average Bonchev–Trinajstić information content (AvgIpc) is 2.77. The quantitative estimate of drug-likeness (QED) is 0.608. The summed E-state index contributed by atoms with van der Waals surface area (Å²) in [5, 5.41) is 14.3. The van der Waals surface area contributed by atoms with E-state index in [9.17, 15) is 10.1 Å². The molecule has 0 bridgehead atoms. The second kappa shape index (κ2) is 5.47. The third-order valence-electron chi connectivity index (χ3n) is 2.30. The van der Waals surface area contributed by atoms with Crippen LogP contribution < -0.4 is 4.74 Å². The molecule has 1 aromatic heterocycles. The van der Waals surface area contributed by atoms with Gasteiger partial charge in [-0.2, -0.15) is 4.68 Å². The van der Waals surface area contributed by atoms with E-state index in [4.69, 9.17) is 4.74 Å². The summed E-state index contributed by atoms with van der Waals surface area (Å²) in [4.78, 5) is 13.5. The summed E-state index contributed by atoms with van der Waals surface area (Å²) >= 11 is 0. The van der Waals surface area contributed by atoms with Crippen molar-refractivity contribution in [1.82, 2.24) is 14.8 Å². The number of rotatable bonds is 5. The monoisotopic (exact) mass is 262 g/mol. The van der Waals surface area contributed by atoms with Crippen molar-refractivity contribution < 1.29 is 9.66 Å². The molecule has 19 heavy (non-hydrogen) atoms. The van der Waals surface area contributed by atoms with Gasteiger partial charge < -0.3 is 14.9 Å². The lowest BCUT2D eigenvalue weighted by molar-refractivity contribution is -0.394. The summed E-state index contributed by atoms with van der Waals surface area (Å²) in [6, 6.07) is 7.53. The fraction of sp³-hybridized carbons (Fsp3) is 0.333. The van der Waals surface area contributed by atoms with Crippen LogP contribution in [0.15, 0.2) is 30.6 Å². The normalized spacial score (nSPS) is 10.7. The van der Waals surface area contributed by atoms with E-state index >= 15 is 0 Å². The van der Waals surface area contributed by atoms with Crippen LogP contribution in [0.25, 0.3) is 0 Å². The molecule has 0 spiro atoms. The fourth-order valence-corrected chi connectivity index (χ4v) is 1.62. The lowest BCUT2D eigenvalue weighted by Crippen LogP contribution is -2.06. The van der Waals surface area contributed by atoms with Gasteiger partial charge in [-0.3, -0.25) is 0 Å². The molecule has 0 N–H and O–H groups in total. The largest absolute Gasteiger partial charge is 0.491 e. The van der Waals surface area contributed by atoms with Gasteiger partial charge in [-0.05, 0) is 36.5 Å². The smallest absolute Gasteiger partial charge is 0.490 e. The Bertz CT molecular complexity index is 580. The predicted molar refractivity (Wildman–Crippen MR) is 68.0 cm³/mol. The topological polar surface area (TPSA) is 83.1 Å². The van der Waals surface area contributed by atoms with E-state index < -0.39 is 10.9 Å². The summed E-state index contributed by atoms with van der Waals surface area (Å²) < 4.78 is 7.01. The molecule has 0 aliphatic rings. The highest BCUT2D eigenvalue weighted by Crippen LogP contribution is 2.15. The molecule has 0 amide bonds. The van der Waals surface area contributed by atoms with Gasteiger partial charge in [-0.25, -0.2) is 0 Å². The molecule has 0 saturated heterocycles. The number of nitrogens with zero attached hydrogens (tertiary/aromatic N) is 4. The minimum atomic E-state index is -0.616. The number of nitro groups is 1. The summed E-state index contributed by atoms with van der Waals surface area (Å²) in [5.74, 6) is 0.372. The van der Waals surface area contributed by atoms with Crippen molar-refractivity contribution >= 4 is 5.95 Å². The maximum Gasteiger partial charge on any atom is 0.490 e. The molecule has 7 nitrogen and oxygen atoms in total. The zero-order valence-corrected chi connectivity index (χ0v) is 10.7. The van der Waals surface area contributed by atoms with E-state index in [1.807, 2.05) is 38.1 Å². The lowest BCUT2D eigenvalue weighted by atomic mass is 10.2. The minimum Gasteiger partial charge on any atom is -0.491 e. The molecule has 0 aliphatic carbocycles. The second-order valence-electron chi connectivity index (χ2n) is 4.31. The second-order valence-corrected chi connectivity index (χ2v) is 4.31.